The average molecular weight is 326 g/mol. The molecular weight excluding hydrogens is 298 g/mol. The first-order valence-electron chi connectivity index (χ1n) is 7.89. The van der Waals surface area contributed by atoms with E-state index in [4.69, 9.17) is 16.0 Å². The number of hydrogen-bond donors (Lipinski definition) is 1. The maximum atomic E-state index is 6.62. The molecule has 1 aromatic rings. The molecule has 118 valence electrons. The van der Waals surface area contributed by atoms with Gasteiger partial charge in [0.1, 0.15) is 0 Å². The van der Waals surface area contributed by atoms with Gasteiger partial charge >= 0.3 is 0 Å². The lowest BCUT2D eigenvalue weighted by Gasteiger charge is -2.40. The first kappa shape index (κ1) is 16.9. The second-order valence-corrected chi connectivity index (χ2v) is 12.8. The van der Waals surface area contributed by atoms with Crippen LogP contribution < -0.4 is 5.32 Å². The van der Waals surface area contributed by atoms with Crippen LogP contribution in [0.2, 0.25) is 23.2 Å². The van der Waals surface area contributed by atoms with Crippen molar-refractivity contribution in [2.45, 2.75) is 70.3 Å². The molecule has 1 N–H and O–H groups in total. The fourth-order valence-electron chi connectivity index (χ4n) is 2.58. The zero-order valence-electron chi connectivity index (χ0n) is 13.9. The molecule has 2 atom stereocenters. The van der Waals surface area contributed by atoms with Crippen LogP contribution >= 0.6 is 11.6 Å². The predicted molar refractivity (Wildman–Crippen MR) is 94.8 cm³/mol. The van der Waals surface area contributed by atoms with Crippen LogP contribution in [-0.4, -0.2) is 20.5 Å². The van der Waals surface area contributed by atoms with E-state index in [2.05, 4.69) is 45.2 Å². The Kier molecular flexibility index (Phi) is 5.06. The zero-order valence-corrected chi connectivity index (χ0v) is 15.6. The Hall–Kier alpha value is -0.513. The number of benzene rings is 1. The summed E-state index contributed by atoms with van der Waals surface area (Å²) in [6.07, 6.45) is 3.89. The first-order chi connectivity index (χ1) is 9.69. The van der Waals surface area contributed by atoms with E-state index in [0.717, 1.165) is 17.1 Å². The molecule has 0 aliphatic heterocycles. The van der Waals surface area contributed by atoms with Crippen molar-refractivity contribution in [1.29, 1.82) is 0 Å². The van der Waals surface area contributed by atoms with Crippen molar-refractivity contribution in [3.8, 4) is 0 Å². The van der Waals surface area contributed by atoms with Crippen LogP contribution in [0, 0.1) is 0 Å². The Bertz CT molecular complexity index is 484. The van der Waals surface area contributed by atoms with Gasteiger partial charge in [-0.15, -0.1) is 0 Å². The maximum absolute atomic E-state index is 6.62. The number of anilines is 1. The van der Waals surface area contributed by atoms with Crippen LogP contribution in [0.5, 0.6) is 0 Å². The second kappa shape index (κ2) is 6.31. The molecular formula is C17H28ClNOSi. The van der Waals surface area contributed by atoms with Gasteiger partial charge < -0.3 is 9.74 Å². The van der Waals surface area contributed by atoms with Crippen LogP contribution in [0.4, 0.5) is 5.69 Å². The fourth-order valence-corrected chi connectivity index (χ4v) is 4.16. The van der Waals surface area contributed by atoms with E-state index < -0.39 is 8.32 Å². The highest BCUT2D eigenvalue weighted by Crippen LogP contribution is 2.40. The second-order valence-electron chi connectivity index (χ2n) is 7.61. The molecule has 1 fully saturated rings. The summed E-state index contributed by atoms with van der Waals surface area (Å²) in [6, 6.07) is 8.36. The van der Waals surface area contributed by atoms with Gasteiger partial charge in [0, 0.05) is 10.7 Å². The van der Waals surface area contributed by atoms with Crippen molar-refractivity contribution >= 4 is 25.6 Å². The molecule has 0 amide bonds. The normalized spacial score (nSPS) is 23.3. The van der Waals surface area contributed by atoms with Crippen molar-refractivity contribution in [2.75, 3.05) is 5.32 Å². The van der Waals surface area contributed by atoms with Crippen LogP contribution in [0.25, 0.3) is 0 Å². The Morgan fingerprint density at radius 1 is 1.24 bits per heavy atom. The predicted octanol–water partition coefficient (Wildman–Crippen LogP) is 5.69. The summed E-state index contributed by atoms with van der Waals surface area (Å²) in [7, 11) is -1.71. The summed E-state index contributed by atoms with van der Waals surface area (Å²) < 4.78 is 6.62. The molecule has 0 heterocycles. The standard InChI is InChI=1S/C17H28ClNOSi/c1-17(2,3)21(4,5)20-16-11-7-10-15(16)19-14-9-6-8-13(18)12-14/h6,8-9,12,15-16,19H,7,10-11H2,1-5H3. The smallest absolute Gasteiger partial charge is 0.192 e. The third-order valence-electron chi connectivity index (χ3n) is 4.88. The molecule has 2 nitrogen and oxygen atoms in total. The van der Waals surface area contributed by atoms with Crippen LogP contribution in [0.1, 0.15) is 40.0 Å². The lowest BCUT2D eigenvalue weighted by Crippen LogP contribution is -2.47. The molecule has 2 unspecified atom stereocenters. The minimum Gasteiger partial charge on any atom is -0.412 e. The van der Waals surface area contributed by atoms with Gasteiger partial charge in [-0.25, -0.2) is 0 Å². The monoisotopic (exact) mass is 325 g/mol. The molecule has 0 aromatic heterocycles. The largest absolute Gasteiger partial charge is 0.412 e. The summed E-state index contributed by atoms with van der Waals surface area (Å²) in [4.78, 5) is 0. The summed E-state index contributed by atoms with van der Waals surface area (Å²) in [5.74, 6) is 0. The highest BCUT2D eigenvalue weighted by Gasteiger charge is 2.41. The van der Waals surface area contributed by atoms with Crippen molar-refractivity contribution in [2.24, 2.45) is 0 Å². The van der Waals surface area contributed by atoms with Crippen molar-refractivity contribution in [3.05, 3.63) is 29.3 Å². The molecule has 1 saturated carbocycles. The first-order valence-corrected chi connectivity index (χ1v) is 11.2. The van der Waals surface area contributed by atoms with Crippen molar-refractivity contribution in [1.82, 2.24) is 0 Å². The Labute approximate surface area is 135 Å². The number of halogens is 1. The molecule has 4 heteroatoms. The van der Waals surface area contributed by atoms with Gasteiger partial charge in [-0.2, -0.15) is 0 Å². The quantitative estimate of drug-likeness (QED) is 0.717. The fraction of sp³-hybridized carbons (Fsp3) is 0.647. The molecule has 0 radical (unpaired) electrons. The highest BCUT2D eigenvalue weighted by molar-refractivity contribution is 6.74. The van der Waals surface area contributed by atoms with Gasteiger partial charge in [-0.1, -0.05) is 38.4 Å². The summed E-state index contributed by atoms with van der Waals surface area (Å²) in [5.41, 5.74) is 1.10. The van der Waals surface area contributed by atoms with Crippen molar-refractivity contribution in [3.63, 3.8) is 0 Å². The van der Waals surface area contributed by atoms with Crippen LogP contribution in [0.15, 0.2) is 24.3 Å². The van der Waals surface area contributed by atoms with Gasteiger partial charge in [0.25, 0.3) is 0 Å². The zero-order chi connectivity index (χ0) is 15.7. The summed E-state index contributed by atoms with van der Waals surface area (Å²) in [5, 5.41) is 4.66. The molecule has 1 aliphatic rings. The number of rotatable bonds is 4. The number of hydrogen-bond acceptors (Lipinski definition) is 2. The number of nitrogens with one attached hydrogen (secondary N) is 1. The molecule has 2 rings (SSSR count). The minimum absolute atomic E-state index is 0.260. The van der Waals surface area contributed by atoms with E-state index in [1.165, 1.54) is 12.8 Å². The van der Waals surface area contributed by atoms with Gasteiger partial charge in [-0.05, 0) is 55.6 Å². The van der Waals surface area contributed by atoms with E-state index in [1.807, 2.05) is 18.2 Å². The third kappa shape index (κ3) is 4.24. The molecule has 21 heavy (non-hydrogen) atoms. The summed E-state index contributed by atoms with van der Waals surface area (Å²) in [6.45, 7) is 11.6. The third-order valence-corrected chi connectivity index (χ3v) is 9.62. The van der Waals surface area contributed by atoms with Crippen molar-refractivity contribution < 1.29 is 4.43 Å². The Balaban J connectivity index is 2.04. The van der Waals surface area contributed by atoms with E-state index in [1.54, 1.807) is 0 Å². The Morgan fingerprint density at radius 3 is 2.57 bits per heavy atom. The van der Waals surface area contributed by atoms with Gasteiger partial charge in [-0.3, -0.25) is 0 Å². The average Bonchev–Trinajstić information content (AvgIpc) is 2.74. The lowest BCUT2D eigenvalue weighted by molar-refractivity contribution is 0.177. The maximum Gasteiger partial charge on any atom is 0.192 e. The lowest BCUT2D eigenvalue weighted by atomic mass is 10.2. The van der Waals surface area contributed by atoms with E-state index in [0.29, 0.717) is 12.1 Å². The van der Waals surface area contributed by atoms with Crippen LogP contribution in [0.3, 0.4) is 0 Å². The SMILES string of the molecule is CC(C)(C)[Si](C)(C)OC1CCCC1Nc1cccc(Cl)c1. The van der Waals surface area contributed by atoms with Gasteiger partial charge in [0.2, 0.25) is 0 Å². The van der Waals surface area contributed by atoms with Gasteiger partial charge in [0.15, 0.2) is 8.32 Å². The van der Waals surface area contributed by atoms with Crippen LogP contribution in [-0.2, 0) is 4.43 Å². The highest BCUT2D eigenvalue weighted by atomic mass is 35.5. The Morgan fingerprint density at radius 2 is 1.95 bits per heavy atom. The van der Waals surface area contributed by atoms with Gasteiger partial charge in [0.05, 0.1) is 12.1 Å². The topological polar surface area (TPSA) is 21.3 Å². The minimum atomic E-state index is -1.71. The summed E-state index contributed by atoms with van der Waals surface area (Å²) >= 11 is 6.07. The van der Waals surface area contributed by atoms with E-state index in [-0.39, 0.29) is 5.04 Å². The molecule has 1 aliphatic carbocycles. The molecule has 0 spiro atoms. The van der Waals surface area contributed by atoms with E-state index in [9.17, 15) is 0 Å². The van der Waals surface area contributed by atoms with E-state index >= 15 is 0 Å². The molecule has 0 saturated heterocycles. The molecule has 0 bridgehead atoms. The molecule has 1 aromatic carbocycles.